The molecule has 2 aliphatic rings. The fourth-order valence-corrected chi connectivity index (χ4v) is 13.0. The van der Waals surface area contributed by atoms with Crippen molar-refractivity contribution in [1.82, 2.24) is 0 Å². The summed E-state index contributed by atoms with van der Waals surface area (Å²) in [5, 5.41) is 9.79. The van der Waals surface area contributed by atoms with Gasteiger partial charge in [0.15, 0.2) is 0 Å². The van der Waals surface area contributed by atoms with Crippen LogP contribution in [0.5, 0.6) is 0 Å². The second-order valence-corrected chi connectivity index (χ2v) is 21.9. The van der Waals surface area contributed by atoms with Gasteiger partial charge in [0.1, 0.15) is 0 Å². The Bertz CT molecular complexity index is 3870. The first-order chi connectivity index (χ1) is 36.0. The second kappa shape index (κ2) is 16.4. The van der Waals surface area contributed by atoms with E-state index in [9.17, 15) is 0 Å². The fraction of sp³-hybridized carbons (Fsp3) is 0.111. The van der Waals surface area contributed by atoms with E-state index in [2.05, 4.69) is 282 Å². The van der Waals surface area contributed by atoms with Crippen molar-refractivity contribution < 1.29 is 0 Å². The number of anilines is 6. The van der Waals surface area contributed by atoms with Crippen molar-refractivity contribution in [3.63, 3.8) is 0 Å². The highest BCUT2D eigenvalue weighted by Crippen LogP contribution is 2.62. The van der Waals surface area contributed by atoms with Crippen LogP contribution >= 0.6 is 0 Å². The number of nitrogens with zero attached hydrogens (tertiary/aromatic N) is 2. The minimum atomic E-state index is -0.333. The molecule has 0 saturated carbocycles. The smallest absolute Gasteiger partial charge is 0.0543 e. The molecule has 0 heterocycles. The van der Waals surface area contributed by atoms with Crippen LogP contribution in [-0.2, 0) is 10.8 Å². The van der Waals surface area contributed by atoms with Crippen molar-refractivity contribution in [1.29, 1.82) is 0 Å². The largest absolute Gasteiger partial charge is 0.310 e. The molecule has 0 spiro atoms. The monoisotopic (exact) mass is 948 g/mol. The molecule has 0 unspecified atom stereocenters. The number of hydrogen-bond acceptors (Lipinski definition) is 2. The van der Waals surface area contributed by atoms with Crippen molar-refractivity contribution >= 4 is 77.2 Å². The molecular weight excluding hydrogens is 893 g/mol. The van der Waals surface area contributed by atoms with Gasteiger partial charge in [-0.15, -0.1) is 0 Å². The minimum absolute atomic E-state index is 0.333. The first-order valence-electron chi connectivity index (χ1n) is 26.2. The Hall–Kier alpha value is -8.72. The zero-order valence-electron chi connectivity index (χ0n) is 42.8. The Morgan fingerprint density at radius 2 is 0.554 bits per heavy atom. The quantitative estimate of drug-likeness (QED) is 0.157. The summed E-state index contributed by atoms with van der Waals surface area (Å²) >= 11 is 0. The Labute approximate surface area is 434 Å². The van der Waals surface area contributed by atoms with Gasteiger partial charge in [-0.25, -0.2) is 0 Å². The molecule has 0 fully saturated rings. The molecular formula is C72H56N2. The summed E-state index contributed by atoms with van der Waals surface area (Å²) in [4.78, 5) is 5.04. The van der Waals surface area contributed by atoms with Crippen molar-refractivity contribution in [3.05, 3.63) is 264 Å². The van der Waals surface area contributed by atoms with Crippen LogP contribution in [0.25, 0.3) is 76.5 Å². The van der Waals surface area contributed by atoms with Gasteiger partial charge in [0.05, 0.1) is 11.4 Å². The molecule has 0 N–H and O–H groups in total. The molecule has 12 aromatic carbocycles. The molecule has 74 heavy (non-hydrogen) atoms. The van der Waals surface area contributed by atoms with Crippen molar-refractivity contribution in [2.45, 2.75) is 52.4 Å². The normalized spacial score (nSPS) is 13.8. The lowest BCUT2D eigenvalue weighted by Gasteiger charge is -2.33. The number of hydrogen-bond donors (Lipinski definition) is 0. The lowest BCUT2D eigenvalue weighted by Crippen LogP contribution is -2.20. The van der Waals surface area contributed by atoms with E-state index in [-0.39, 0.29) is 10.8 Å². The van der Waals surface area contributed by atoms with E-state index in [1.165, 1.54) is 121 Å². The number of aryl methyl sites for hydroxylation is 2. The predicted octanol–water partition coefficient (Wildman–Crippen LogP) is 20.1. The van der Waals surface area contributed by atoms with Gasteiger partial charge in [-0.1, -0.05) is 209 Å². The summed E-state index contributed by atoms with van der Waals surface area (Å²) in [7, 11) is 0. The molecule has 0 amide bonds. The van der Waals surface area contributed by atoms with Gasteiger partial charge < -0.3 is 9.80 Å². The maximum Gasteiger partial charge on any atom is 0.0543 e. The van der Waals surface area contributed by atoms with E-state index in [0.29, 0.717) is 0 Å². The average molecular weight is 949 g/mol. The zero-order valence-corrected chi connectivity index (χ0v) is 42.8. The molecule has 0 aliphatic heterocycles. The molecule has 12 aromatic rings. The zero-order chi connectivity index (χ0) is 50.0. The fourth-order valence-electron chi connectivity index (χ4n) is 13.0. The molecule has 0 radical (unpaired) electrons. The average Bonchev–Trinajstić information content (AvgIpc) is 3.91. The summed E-state index contributed by atoms with van der Waals surface area (Å²) in [6, 6.07) is 86.8. The van der Waals surface area contributed by atoms with Gasteiger partial charge >= 0.3 is 0 Å². The van der Waals surface area contributed by atoms with Crippen LogP contribution in [0, 0.1) is 13.8 Å². The van der Waals surface area contributed by atoms with Gasteiger partial charge in [0, 0.05) is 44.7 Å². The standard InChI is InChI=1S/C72H56N2/c1-45-23-33-61-63(39-45)71(3,4)69-59(35-37-65(67(61)69)73(55-29-25-47-15-7-11-19-51(47)41-55)56-30-26-48-16-8-12-20-52(48)42-56)60-36-38-66(68-62-34-24-46(2)40-64(62)72(5,6)70(60)68)74(57-31-27-49-17-9-13-21-53(49)43-57)58-32-28-50-18-10-14-22-54(50)44-58/h7-44H,1-6H3. The van der Waals surface area contributed by atoms with E-state index in [0.717, 1.165) is 22.7 Å². The third-order valence-electron chi connectivity index (χ3n) is 16.6. The van der Waals surface area contributed by atoms with Crippen LogP contribution in [0.2, 0.25) is 0 Å². The Morgan fingerprint density at radius 3 is 0.865 bits per heavy atom. The highest BCUT2D eigenvalue weighted by molar-refractivity contribution is 6.05. The number of fused-ring (bicyclic) bond motifs is 10. The van der Waals surface area contributed by atoms with Gasteiger partial charge in [0.25, 0.3) is 0 Å². The molecule has 14 rings (SSSR count). The SMILES string of the molecule is Cc1ccc2c(c1)C(C)(C)c1c(-c3ccc(N(c4ccc5ccccc5c4)c4ccc5ccccc5c4)c4c3C(C)(C)c3cc(C)ccc3-4)ccc(N(c3ccc4ccccc4c3)c3ccc4ccccc4c3)c1-2. The first kappa shape index (κ1) is 44.0. The molecule has 0 aromatic heterocycles. The summed E-state index contributed by atoms with van der Waals surface area (Å²) in [5.41, 5.74) is 21.9. The van der Waals surface area contributed by atoms with Gasteiger partial charge in [-0.2, -0.15) is 0 Å². The molecule has 354 valence electrons. The molecule has 2 aliphatic carbocycles. The molecule has 0 atom stereocenters. The Morgan fingerprint density at radius 1 is 0.270 bits per heavy atom. The van der Waals surface area contributed by atoms with Crippen LogP contribution in [0.1, 0.15) is 61.1 Å². The van der Waals surface area contributed by atoms with Gasteiger partial charge in [0.2, 0.25) is 0 Å². The first-order valence-corrected chi connectivity index (χ1v) is 26.2. The molecule has 0 saturated heterocycles. The van der Waals surface area contributed by atoms with E-state index in [1.54, 1.807) is 0 Å². The topological polar surface area (TPSA) is 6.48 Å². The number of rotatable bonds is 7. The maximum absolute atomic E-state index is 2.52. The van der Waals surface area contributed by atoms with E-state index in [4.69, 9.17) is 0 Å². The second-order valence-electron chi connectivity index (χ2n) is 21.9. The van der Waals surface area contributed by atoms with Crippen LogP contribution in [0.15, 0.2) is 231 Å². The van der Waals surface area contributed by atoms with Crippen LogP contribution in [0.3, 0.4) is 0 Å². The van der Waals surface area contributed by atoms with E-state index < -0.39 is 0 Å². The molecule has 2 nitrogen and oxygen atoms in total. The third-order valence-corrected chi connectivity index (χ3v) is 16.6. The van der Waals surface area contributed by atoms with Gasteiger partial charge in [-0.3, -0.25) is 0 Å². The van der Waals surface area contributed by atoms with E-state index in [1.807, 2.05) is 0 Å². The van der Waals surface area contributed by atoms with Crippen LogP contribution in [-0.4, -0.2) is 0 Å². The van der Waals surface area contributed by atoms with Crippen molar-refractivity contribution in [2.75, 3.05) is 9.80 Å². The molecule has 0 bridgehead atoms. The summed E-state index contributed by atoms with van der Waals surface area (Å²) in [6.45, 7) is 14.3. The van der Waals surface area contributed by atoms with E-state index >= 15 is 0 Å². The summed E-state index contributed by atoms with van der Waals surface area (Å²) in [6.07, 6.45) is 0. The van der Waals surface area contributed by atoms with Crippen LogP contribution < -0.4 is 9.80 Å². The Kier molecular flexibility index (Phi) is 9.76. The lowest BCUT2D eigenvalue weighted by atomic mass is 9.74. The maximum atomic E-state index is 2.52. The summed E-state index contributed by atoms with van der Waals surface area (Å²) in [5.74, 6) is 0. The van der Waals surface area contributed by atoms with Crippen LogP contribution in [0.4, 0.5) is 34.1 Å². The van der Waals surface area contributed by atoms with Crippen molar-refractivity contribution in [2.24, 2.45) is 0 Å². The third kappa shape index (κ3) is 6.71. The van der Waals surface area contributed by atoms with Crippen molar-refractivity contribution in [3.8, 4) is 33.4 Å². The minimum Gasteiger partial charge on any atom is -0.310 e. The number of benzene rings is 12. The highest BCUT2D eigenvalue weighted by Gasteiger charge is 2.44. The van der Waals surface area contributed by atoms with Gasteiger partial charge in [-0.05, 0) is 162 Å². The highest BCUT2D eigenvalue weighted by atomic mass is 15.2. The lowest BCUT2D eigenvalue weighted by molar-refractivity contribution is 0.654. The Balaban J connectivity index is 1.06. The predicted molar refractivity (Wildman–Crippen MR) is 316 cm³/mol. The molecule has 2 heteroatoms. The summed E-state index contributed by atoms with van der Waals surface area (Å²) < 4.78 is 0.